The molecule has 1 aromatic carbocycles. The number of ketones is 1. The topological polar surface area (TPSA) is 29.5 Å². The van der Waals surface area contributed by atoms with Crippen LogP contribution in [0.3, 0.4) is 0 Å². The van der Waals surface area contributed by atoms with E-state index in [1.807, 2.05) is 0 Å². The van der Waals surface area contributed by atoms with Gasteiger partial charge in [0.2, 0.25) is 0 Å². The van der Waals surface area contributed by atoms with Gasteiger partial charge in [-0.3, -0.25) is 9.69 Å². The molecule has 0 amide bonds. The van der Waals surface area contributed by atoms with Gasteiger partial charge in [0.05, 0.1) is 12.6 Å². The second-order valence-corrected chi connectivity index (χ2v) is 7.81. The van der Waals surface area contributed by atoms with E-state index in [1.165, 1.54) is 24.0 Å². The summed E-state index contributed by atoms with van der Waals surface area (Å²) in [6.07, 6.45) is 5.64. The normalized spacial score (nSPS) is 33.8. The molecule has 3 atom stereocenters. The zero-order valence-electron chi connectivity index (χ0n) is 14.8. The molecule has 2 heterocycles. The predicted octanol–water partition coefficient (Wildman–Crippen LogP) is 4.26. The lowest BCUT2D eigenvalue weighted by molar-refractivity contribution is -0.119. The first kappa shape index (κ1) is 16.0. The smallest absolute Gasteiger partial charge is 0.155 e. The first-order valence-corrected chi connectivity index (χ1v) is 9.23. The number of carbonyl (C=O) groups is 1. The van der Waals surface area contributed by atoms with E-state index in [0.29, 0.717) is 6.04 Å². The Morgan fingerprint density at radius 1 is 1.25 bits per heavy atom. The summed E-state index contributed by atoms with van der Waals surface area (Å²) in [4.78, 5) is 14.7. The van der Waals surface area contributed by atoms with Crippen LogP contribution in [-0.4, -0.2) is 30.1 Å². The van der Waals surface area contributed by atoms with Crippen molar-refractivity contribution in [3.8, 4) is 0 Å². The van der Waals surface area contributed by atoms with Crippen LogP contribution in [-0.2, 0) is 9.53 Å². The van der Waals surface area contributed by atoms with E-state index in [4.69, 9.17) is 4.74 Å². The zero-order chi connectivity index (χ0) is 16.7. The number of hydrogen-bond acceptors (Lipinski definition) is 3. The quantitative estimate of drug-likeness (QED) is 0.814. The van der Waals surface area contributed by atoms with Crippen molar-refractivity contribution in [2.45, 2.75) is 58.2 Å². The van der Waals surface area contributed by atoms with E-state index in [9.17, 15) is 4.79 Å². The first-order valence-electron chi connectivity index (χ1n) is 9.23. The molecule has 3 heteroatoms. The molecule has 0 aromatic heterocycles. The van der Waals surface area contributed by atoms with Gasteiger partial charge in [-0.05, 0) is 57.1 Å². The molecule has 4 rings (SSSR count). The Morgan fingerprint density at radius 2 is 2.04 bits per heavy atom. The summed E-state index contributed by atoms with van der Waals surface area (Å²) in [5, 5.41) is 0. The van der Waals surface area contributed by atoms with Crippen LogP contribution >= 0.6 is 0 Å². The molecule has 0 radical (unpaired) electrons. The number of carbonyl (C=O) groups excluding carboxylic acids is 1. The average Bonchev–Trinajstić information content (AvgIpc) is 3.03. The van der Waals surface area contributed by atoms with Crippen molar-refractivity contribution in [3.05, 3.63) is 47.0 Å². The summed E-state index contributed by atoms with van der Waals surface area (Å²) in [6, 6.07) is 11.1. The number of ether oxygens (including phenoxy) is 1. The van der Waals surface area contributed by atoms with Gasteiger partial charge in [-0.25, -0.2) is 0 Å². The highest BCUT2D eigenvalue weighted by Crippen LogP contribution is 2.53. The van der Waals surface area contributed by atoms with Crippen LogP contribution in [0, 0.1) is 5.41 Å². The minimum absolute atomic E-state index is 0.127. The van der Waals surface area contributed by atoms with Crippen LogP contribution < -0.4 is 0 Å². The number of piperidine rings is 1. The Kier molecular flexibility index (Phi) is 4.09. The number of benzene rings is 1. The SMILES string of the molecule is CC(=O)C1=C(C)CC[C@]2(CCCN3[C@H](c4ccccc4)CO[C@@H]32)C1. The predicted molar refractivity (Wildman–Crippen MR) is 94.5 cm³/mol. The van der Waals surface area contributed by atoms with Crippen LogP contribution in [0.4, 0.5) is 0 Å². The lowest BCUT2D eigenvalue weighted by atomic mass is 9.65. The largest absolute Gasteiger partial charge is 0.361 e. The van der Waals surface area contributed by atoms with Gasteiger partial charge in [-0.1, -0.05) is 35.9 Å². The average molecular weight is 325 g/mol. The van der Waals surface area contributed by atoms with Gasteiger partial charge in [0.15, 0.2) is 5.78 Å². The summed E-state index contributed by atoms with van der Waals surface area (Å²) >= 11 is 0. The summed E-state index contributed by atoms with van der Waals surface area (Å²) in [6.45, 7) is 5.73. The first-order chi connectivity index (χ1) is 11.6. The van der Waals surface area contributed by atoms with Gasteiger partial charge < -0.3 is 4.74 Å². The number of Topliss-reactive ketones (excluding diaryl/α,β-unsaturated/α-hetero) is 1. The maximum Gasteiger partial charge on any atom is 0.155 e. The molecular formula is C21H27NO2. The molecule has 0 N–H and O–H groups in total. The summed E-state index contributed by atoms with van der Waals surface area (Å²) < 4.78 is 6.37. The van der Waals surface area contributed by atoms with Crippen molar-refractivity contribution in [1.29, 1.82) is 0 Å². The molecule has 1 aliphatic carbocycles. The van der Waals surface area contributed by atoms with Crippen LogP contribution in [0.25, 0.3) is 0 Å². The monoisotopic (exact) mass is 325 g/mol. The Morgan fingerprint density at radius 3 is 2.79 bits per heavy atom. The van der Waals surface area contributed by atoms with Crippen molar-refractivity contribution in [3.63, 3.8) is 0 Å². The van der Waals surface area contributed by atoms with E-state index in [-0.39, 0.29) is 17.4 Å². The van der Waals surface area contributed by atoms with Crippen LogP contribution in [0.15, 0.2) is 41.5 Å². The molecule has 3 nitrogen and oxygen atoms in total. The van der Waals surface area contributed by atoms with E-state index in [0.717, 1.165) is 38.0 Å². The van der Waals surface area contributed by atoms with Gasteiger partial charge in [0.25, 0.3) is 0 Å². The Bertz CT molecular complexity index is 666. The third-order valence-corrected chi connectivity index (χ3v) is 6.38. The van der Waals surface area contributed by atoms with E-state index < -0.39 is 0 Å². The molecule has 1 aromatic rings. The van der Waals surface area contributed by atoms with E-state index in [1.54, 1.807) is 6.92 Å². The highest BCUT2D eigenvalue weighted by atomic mass is 16.5. The van der Waals surface area contributed by atoms with Crippen molar-refractivity contribution >= 4 is 5.78 Å². The molecule has 2 fully saturated rings. The fourth-order valence-electron chi connectivity index (χ4n) is 5.07. The summed E-state index contributed by atoms with van der Waals surface area (Å²) in [5.41, 5.74) is 3.84. The fraction of sp³-hybridized carbons (Fsp3) is 0.571. The van der Waals surface area contributed by atoms with Gasteiger partial charge in [0, 0.05) is 12.0 Å². The standard InChI is InChI=1S/C21H27NO2/c1-15-9-11-21(13-18(15)16(2)23)10-6-12-22-19(14-24-20(21)22)17-7-4-3-5-8-17/h3-5,7-8,19-20H,6,9-14H2,1-2H3/t19-,20+,21+/m0/s1. The van der Waals surface area contributed by atoms with Crippen LogP contribution in [0.5, 0.6) is 0 Å². The summed E-state index contributed by atoms with van der Waals surface area (Å²) in [5.74, 6) is 0.251. The molecule has 3 aliphatic rings. The highest BCUT2D eigenvalue weighted by molar-refractivity contribution is 5.94. The third kappa shape index (κ3) is 2.55. The maximum atomic E-state index is 12.1. The molecule has 2 saturated heterocycles. The van der Waals surface area contributed by atoms with Crippen molar-refractivity contribution in [2.75, 3.05) is 13.2 Å². The Labute approximate surface area is 144 Å². The van der Waals surface area contributed by atoms with Crippen LogP contribution in [0.1, 0.15) is 57.6 Å². The van der Waals surface area contributed by atoms with Crippen LogP contribution in [0.2, 0.25) is 0 Å². The van der Waals surface area contributed by atoms with Crippen molar-refractivity contribution in [1.82, 2.24) is 4.90 Å². The second kappa shape index (κ2) is 6.12. The van der Waals surface area contributed by atoms with Gasteiger partial charge in [-0.15, -0.1) is 0 Å². The third-order valence-electron chi connectivity index (χ3n) is 6.38. The summed E-state index contributed by atoms with van der Waals surface area (Å²) in [7, 11) is 0. The lowest BCUT2D eigenvalue weighted by Crippen LogP contribution is -2.51. The number of rotatable bonds is 2. The van der Waals surface area contributed by atoms with Gasteiger partial charge in [0.1, 0.15) is 6.23 Å². The molecule has 1 spiro atoms. The fourth-order valence-corrected chi connectivity index (χ4v) is 5.07. The van der Waals surface area contributed by atoms with E-state index in [2.05, 4.69) is 42.2 Å². The number of allylic oxidation sites excluding steroid dienone is 2. The zero-order valence-corrected chi connectivity index (χ0v) is 14.8. The van der Waals surface area contributed by atoms with Crippen molar-refractivity contribution < 1.29 is 9.53 Å². The highest BCUT2D eigenvalue weighted by Gasteiger charge is 2.52. The second-order valence-electron chi connectivity index (χ2n) is 7.81. The Hall–Kier alpha value is -1.45. The van der Waals surface area contributed by atoms with Gasteiger partial charge >= 0.3 is 0 Å². The number of fused-ring (bicyclic) bond motifs is 2. The lowest BCUT2D eigenvalue weighted by Gasteiger charge is -2.49. The molecule has 24 heavy (non-hydrogen) atoms. The van der Waals surface area contributed by atoms with Crippen molar-refractivity contribution in [2.24, 2.45) is 5.41 Å². The maximum absolute atomic E-state index is 12.1. The van der Waals surface area contributed by atoms with E-state index >= 15 is 0 Å². The minimum Gasteiger partial charge on any atom is -0.361 e. The minimum atomic E-state index is 0.127. The molecule has 0 bridgehead atoms. The molecule has 0 unspecified atom stereocenters. The molecular weight excluding hydrogens is 298 g/mol. The number of hydrogen-bond donors (Lipinski definition) is 0. The Balaban J connectivity index is 1.63. The molecule has 0 saturated carbocycles. The van der Waals surface area contributed by atoms with Gasteiger partial charge in [-0.2, -0.15) is 0 Å². The molecule has 128 valence electrons. The molecule has 2 aliphatic heterocycles. The number of nitrogens with zero attached hydrogens (tertiary/aromatic N) is 1.